The van der Waals surface area contributed by atoms with Crippen molar-refractivity contribution in [2.24, 2.45) is 10.8 Å². The van der Waals surface area contributed by atoms with Crippen LogP contribution >= 0.6 is 0 Å². The third-order valence-electron chi connectivity index (χ3n) is 4.11. The van der Waals surface area contributed by atoms with Crippen molar-refractivity contribution in [2.45, 2.75) is 18.9 Å². The summed E-state index contributed by atoms with van der Waals surface area (Å²) in [7, 11) is 3.26. The van der Waals surface area contributed by atoms with Crippen LogP contribution in [0.15, 0.2) is 47.8 Å². The summed E-state index contributed by atoms with van der Waals surface area (Å²) in [5, 5.41) is 6.80. The summed E-state index contributed by atoms with van der Waals surface area (Å²) in [5.41, 5.74) is 8.89. The second-order valence-electron chi connectivity index (χ2n) is 5.60. The zero-order chi connectivity index (χ0) is 16.9. The van der Waals surface area contributed by atoms with Gasteiger partial charge in [0, 0.05) is 30.6 Å². The Labute approximate surface area is 141 Å². The van der Waals surface area contributed by atoms with Crippen LogP contribution in [0.2, 0.25) is 0 Å². The van der Waals surface area contributed by atoms with Crippen LogP contribution in [0.5, 0.6) is 11.5 Å². The SMILES string of the molecule is COc1ccc(N2N=C(CCN)CC2c2cccnc2)cc1OC. The molecular formula is C18H22N4O2. The molecule has 0 amide bonds. The van der Waals surface area contributed by atoms with Crippen LogP contribution in [-0.2, 0) is 0 Å². The average Bonchev–Trinajstić information content (AvgIpc) is 3.06. The molecule has 0 fully saturated rings. The summed E-state index contributed by atoms with van der Waals surface area (Å²) in [6, 6.07) is 9.95. The highest BCUT2D eigenvalue weighted by atomic mass is 16.5. The third kappa shape index (κ3) is 3.19. The number of nitrogens with two attached hydrogens (primary N) is 1. The van der Waals surface area contributed by atoms with Crippen molar-refractivity contribution in [3.05, 3.63) is 48.3 Å². The summed E-state index contributed by atoms with van der Waals surface area (Å²) in [6.45, 7) is 0.596. The van der Waals surface area contributed by atoms with E-state index in [2.05, 4.69) is 11.1 Å². The molecule has 24 heavy (non-hydrogen) atoms. The first-order valence-electron chi connectivity index (χ1n) is 7.94. The number of methoxy groups -OCH3 is 2. The molecular weight excluding hydrogens is 304 g/mol. The molecule has 0 saturated carbocycles. The monoisotopic (exact) mass is 326 g/mol. The minimum absolute atomic E-state index is 0.110. The zero-order valence-electron chi connectivity index (χ0n) is 14.0. The van der Waals surface area contributed by atoms with E-state index in [1.165, 1.54) is 0 Å². The maximum absolute atomic E-state index is 5.71. The van der Waals surface area contributed by atoms with Gasteiger partial charge in [0.1, 0.15) is 0 Å². The normalized spacial score (nSPS) is 16.9. The Balaban J connectivity index is 1.98. The zero-order valence-corrected chi connectivity index (χ0v) is 14.0. The van der Waals surface area contributed by atoms with Crippen LogP contribution in [0.1, 0.15) is 24.4 Å². The Bertz CT molecular complexity index is 718. The molecule has 0 saturated heterocycles. The number of pyridine rings is 1. The van der Waals surface area contributed by atoms with Gasteiger partial charge in [0.15, 0.2) is 11.5 Å². The fraction of sp³-hybridized carbons (Fsp3) is 0.333. The van der Waals surface area contributed by atoms with Crippen molar-refractivity contribution in [1.29, 1.82) is 0 Å². The van der Waals surface area contributed by atoms with Gasteiger partial charge in [-0.1, -0.05) is 6.07 Å². The molecule has 1 aliphatic heterocycles. The molecule has 6 nitrogen and oxygen atoms in total. The minimum atomic E-state index is 0.110. The fourth-order valence-corrected chi connectivity index (χ4v) is 2.93. The first-order valence-corrected chi connectivity index (χ1v) is 7.94. The first-order chi connectivity index (χ1) is 11.8. The van der Waals surface area contributed by atoms with Gasteiger partial charge in [-0.3, -0.25) is 9.99 Å². The molecule has 126 valence electrons. The lowest BCUT2D eigenvalue weighted by Crippen LogP contribution is -2.18. The maximum atomic E-state index is 5.71. The van der Waals surface area contributed by atoms with E-state index in [0.717, 1.165) is 29.8 Å². The number of ether oxygens (including phenoxy) is 2. The van der Waals surface area contributed by atoms with Crippen LogP contribution < -0.4 is 20.2 Å². The van der Waals surface area contributed by atoms with Crippen LogP contribution in [0.4, 0.5) is 5.69 Å². The van der Waals surface area contributed by atoms with E-state index in [-0.39, 0.29) is 6.04 Å². The van der Waals surface area contributed by atoms with Gasteiger partial charge in [0.05, 0.1) is 25.9 Å². The summed E-state index contributed by atoms with van der Waals surface area (Å²) in [6.07, 6.45) is 5.30. The van der Waals surface area contributed by atoms with E-state index < -0.39 is 0 Å². The molecule has 1 aliphatic rings. The fourth-order valence-electron chi connectivity index (χ4n) is 2.93. The van der Waals surface area contributed by atoms with E-state index in [1.807, 2.05) is 35.5 Å². The molecule has 0 spiro atoms. The number of benzene rings is 1. The van der Waals surface area contributed by atoms with E-state index in [1.54, 1.807) is 20.4 Å². The molecule has 6 heteroatoms. The molecule has 2 N–H and O–H groups in total. The molecule has 2 heterocycles. The van der Waals surface area contributed by atoms with Crippen molar-refractivity contribution in [3.63, 3.8) is 0 Å². The highest BCUT2D eigenvalue weighted by Gasteiger charge is 2.29. The Kier molecular flexibility index (Phi) is 4.96. The highest BCUT2D eigenvalue weighted by Crippen LogP contribution is 2.39. The van der Waals surface area contributed by atoms with Gasteiger partial charge >= 0.3 is 0 Å². The third-order valence-corrected chi connectivity index (χ3v) is 4.11. The van der Waals surface area contributed by atoms with Gasteiger partial charge in [0.25, 0.3) is 0 Å². The molecule has 1 unspecified atom stereocenters. The predicted molar refractivity (Wildman–Crippen MR) is 94.7 cm³/mol. The summed E-state index contributed by atoms with van der Waals surface area (Å²) >= 11 is 0. The second-order valence-corrected chi connectivity index (χ2v) is 5.60. The van der Waals surface area contributed by atoms with Crippen LogP contribution in [0.3, 0.4) is 0 Å². The smallest absolute Gasteiger partial charge is 0.162 e. The Hall–Kier alpha value is -2.60. The van der Waals surface area contributed by atoms with Crippen molar-refractivity contribution in [2.75, 3.05) is 25.8 Å². The number of nitrogens with zero attached hydrogens (tertiary/aromatic N) is 3. The van der Waals surface area contributed by atoms with Gasteiger partial charge in [-0.2, -0.15) is 5.10 Å². The molecule has 1 atom stereocenters. The summed E-state index contributed by atoms with van der Waals surface area (Å²) in [4.78, 5) is 4.24. The molecule has 1 aromatic heterocycles. The van der Waals surface area contributed by atoms with Gasteiger partial charge in [0.2, 0.25) is 0 Å². The Morgan fingerprint density at radius 3 is 2.71 bits per heavy atom. The lowest BCUT2D eigenvalue weighted by atomic mass is 10.0. The van der Waals surface area contributed by atoms with Gasteiger partial charge < -0.3 is 15.2 Å². The Morgan fingerprint density at radius 1 is 1.21 bits per heavy atom. The highest BCUT2D eigenvalue weighted by molar-refractivity contribution is 5.89. The quantitative estimate of drug-likeness (QED) is 0.883. The number of hydrogen-bond donors (Lipinski definition) is 1. The van der Waals surface area contributed by atoms with Gasteiger partial charge in [-0.25, -0.2) is 0 Å². The number of aromatic nitrogens is 1. The van der Waals surface area contributed by atoms with Crippen molar-refractivity contribution in [1.82, 2.24) is 4.98 Å². The summed E-state index contributed by atoms with van der Waals surface area (Å²) in [5.74, 6) is 1.38. The second kappa shape index (κ2) is 7.31. The van der Waals surface area contributed by atoms with Crippen molar-refractivity contribution >= 4 is 11.4 Å². The summed E-state index contributed by atoms with van der Waals surface area (Å²) < 4.78 is 10.7. The van der Waals surface area contributed by atoms with Gasteiger partial charge in [-0.05, 0) is 36.7 Å². The maximum Gasteiger partial charge on any atom is 0.162 e. The number of hydrogen-bond acceptors (Lipinski definition) is 6. The molecule has 1 aromatic carbocycles. The molecule has 0 bridgehead atoms. The lowest BCUT2D eigenvalue weighted by Gasteiger charge is -2.24. The van der Waals surface area contributed by atoms with E-state index in [0.29, 0.717) is 18.0 Å². The number of rotatable bonds is 6. The lowest BCUT2D eigenvalue weighted by molar-refractivity contribution is 0.355. The van der Waals surface area contributed by atoms with Gasteiger partial charge in [-0.15, -0.1) is 0 Å². The van der Waals surface area contributed by atoms with E-state index >= 15 is 0 Å². The average molecular weight is 326 g/mol. The van der Waals surface area contributed by atoms with Crippen molar-refractivity contribution in [3.8, 4) is 11.5 Å². The standard InChI is InChI=1S/C18H22N4O2/c1-23-17-6-5-15(11-18(17)24-2)22-16(10-14(21-22)7-8-19)13-4-3-9-20-12-13/h3-6,9,11-12,16H,7-8,10,19H2,1-2H3. The number of hydrazone groups is 1. The van der Waals surface area contributed by atoms with Crippen LogP contribution in [-0.4, -0.2) is 31.5 Å². The molecule has 0 aliphatic carbocycles. The Morgan fingerprint density at radius 2 is 2.04 bits per heavy atom. The van der Waals surface area contributed by atoms with E-state index in [9.17, 15) is 0 Å². The van der Waals surface area contributed by atoms with Crippen molar-refractivity contribution < 1.29 is 9.47 Å². The first kappa shape index (κ1) is 16.3. The van der Waals surface area contributed by atoms with E-state index in [4.69, 9.17) is 20.3 Å². The largest absolute Gasteiger partial charge is 0.493 e. The minimum Gasteiger partial charge on any atom is -0.493 e. The van der Waals surface area contributed by atoms with Crippen LogP contribution in [0, 0.1) is 0 Å². The number of anilines is 1. The van der Waals surface area contributed by atoms with Crippen LogP contribution in [0.25, 0.3) is 0 Å². The molecule has 3 rings (SSSR count). The predicted octanol–water partition coefficient (Wildman–Crippen LogP) is 2.76. The molecule has 0 radical (unpaired) electrons. The molecule has 2 aromatic rings. The topological polar surface area (TPSA) is 73.0 Å².